The Morgan fingerprint density at radius 2 is 2.05 bits per heavy atom. The van der Waals surface area contributed by atoms with Gasteiger partial charge in [-0.3, -0.25) is 0 Å². The van der Waals surface area contributed by atoms with Crippen molar-refractivity contribution < 1.29 is 8.42 Å². The van der Waals surface area contributed by atoms with E-state index >= 15 is 0 Å². The molecule has 0 fully saturated rings. The predicted molar refractivity (Wildman–Crippen MR) is 89.1 cm³/mol. The average Bonchev–Trinajstić information content (AvgIpc) is 2.41. The Balaban J connectivity index is 2.71. The van der Waals surface area contributed by atoms with Crippen LogP contribution in [0.25, 0.3) is 0 Å². The lowest BCUT2D eigenvalue weighted by Crippen LogP contribution is -2.22. The summed E-state index contributed by atoms with van der Waals surface area (Å²) in [6.45, 7) is 4.56. The van der Waals surface area contributed by atoms with Crippen LogP contribution in [0.15, 0.2) is 22.7 Å². The van der Waals surface area contributed by atoms with Gasteiger partial charge in [0.15, 0.2) is 0 Å². The molecule has 3 nitrogen and oxygen atoms in total. The Labute approximate surface area is 135 Å². The van der Waals surface area contributed by atoms with Crippen molar-refractivity contribution in [3.8, 4) is 0 Å². The summed E-state index contributed by atoms with van der Waals surface area (Å²) in [4.78, 5) is 0. The molecule has 0 aliphatic heterocycles. The van der Waals surface area contributed by atoms with Gasteiger partial charge in [0.25, 0.3) is 0 Å². The van der Waals surface area contributed by atoms with Crippen molar-refractivity contribution in [2.75, 3.05) is 18.1 Å². The van der Waals surface area contributed by atoms with Gasteiger partial charge in [-0.25, -0.2) is 8.42 Å². The van der Waals surface area contributed by atoms with E-state index < -0.39 is 9.84 Å². The number of halogens is 2. The van der Waals surface area contributed by atoms with Crippen molar-refractivity contribution >= 4 is 37.4 Å². The Morgan fingerprint density at radius 3 is 2.60 bits per heavy atom. The molecule has 1 N–H and O–H groups in total. The first-order valence-electron chi connectivity index (χ1n) is 6.78. The van der Waals surface area contributed by atoms with Crippen LogP contribution in [0.2, 0.25) is 5.02 Å². The summed E-state index contributed by atoms with van der Waals surface area (Å²) in [5.41, 5.74) is 1.09. The topological polar surface area (TPSA) is 46.2 Å². The molecule has 0 amide bonds. The highest BCUT2D eigenvalue weighted by Crippen LogP contribution is 2.28. The monoisotopic (exact) mass is 381 g/mol. The highest BCUT2D eigenvalue weighted by atomic mass is 79.9. The summed E-state index contributed by atoms with van der Waals surface area (Å²) in [6, 6.07) is 5.99. The fourth-order valence-corrected chi connectivity index (χ4v) is 3.34. The van der Waals surface area contributed by atoms with Gasteiger partial charge in [0.2, 0.25) is 0 Å². The van der Waals surface area contributed by atoms with Gasteiger partial charge >= 0.3 is 0 Å². The van der Waals surface area contributed by atoms with Gasteiger partial charge in [-0.05, 0) is 53.0 Å². The van der Waals surface area contributed by atoms with E-state index in [-0.39, 0.29) is 17.5 Å². The van der Waals surface area contributed by atoms with E-state index in [0.717, 1.165) is 23.0 Å². The van der Waals surface area contributed by atoms with E-state index in [2.05, 4.69) is 21.2 Å². The second-order valence-corrected chi connectivity index (χ2v) is 8.40. The van der Waals surface area contributed by atoms with Crippen LogP contribution < -0.4 is 5.32 Å². The summed E-state index contributed by atoms with van der Waals surface area (Å²) < 4.78 is 23.9. The van der Waals surface area contributed by atoms with E-state index in [1.54, 1.807) is 6.92 Å². The zero-order valence-corrected chi connectivity index (χ0v) is 15.0. The maximum absolute atomic E-state index is 11.5. The van der Waals surface area contributed by atoms with Crippen LogP contribution in [0.1, 0.15) is 38.3 Å². The third-order valence-electron chi connectivity index (χ3n) is 3.18. The highest BCUT2D eigenvalue weighted by molar-refractivity contribution is 9.10. The predicted octanol–water partition coefficient (Wildman–Crippen LogP) is 3.97. The van der Waals surface area contributed by atoms with Gasteiger partial charge < -0.3 is 5.32 Å². The standard InChI is InChI=1S/C14H21BrClNO2S/c1-3-17-14(6-5-9-20(18,19)4-2)11-7-8-12(15)13(16)10-11/h7-8,10,14,17H,3-6,9H2,1-2H3. The Morgan fingerprint density at radius 1 is 1.35 bits per heavy atom. The lowest BCUT2D eigenvalue weighted by Gasteiger charge is -2.19. The van der Waals surface area contributed by atoms with Crippen LogP contribution in [0.5, 0.6) is 0 Å². The van der Waals surface area contributed by atoms with Crippen molar-refractivity contribution in [3.63, 3.8) is 0 Å². The molecule has 1 aromatic carbocycles. The quantitative estimate of drug-likeness (QED) is 0.740. The average molecular weight is 383 g/mol. The van der Waals surface area contributed by atoms with Crippen LogP contribution in [-0.2, 0) is 9.84 Å². The summed E-state index contributed by atoms with van der Waals surface area (Å²) in [5.74, 6) is 0.457. The number of hydrogen-bond acceptors (Lipinski definition) is 3. The molecule has 1 atom stereocenters. The molecule has 0 heterocycles. The maximum Gasteiger partial charge on any atom is 0.150 e. The molecule has 0 aliphatic carbocycles. The molecule has 114 valence electrons. The zero-order chi connectivity index (χ0) is 15.2. The molecule has 0 bridgehead atoms. The van der Waals surface area contributed by atoms with E-state index in [0.29, 0.717) is 11.4 Å². The lowest BCUT2D eigenvalue weighted by molar-refractivity contribution is 0.506. The van der Waals surface area contributed by atoms with Crippen molar-refractivity contribution in [1.82, 2.24) is 5.32 Å². The Hall–Kier alpha value is -0.100. The molecule has 1 aromatic rings. The smallest absolute Gasteiger partial charge is 0.150 e. The Bertz CT molecular complexity index is 534. The summed E-state index contributed by atoms with van der Waals surface area (Å²) in [6.07, 6.45) is 1.44. The molecule has 0 saturated carbocycles. The normalized spacial score (nSPS) is 13.4. The number of rotatable bonds is 8. The van der Waals surface area contributed by atoms with Crippen LogP contribution >= 0.6 is 27.5 Å². The van der Waals surface area contributed by atoms with Crippen LogP contribution in [0, 0.1) is 0 Å². The molecule has 0 saturated heterocycles. The summed E-state index contributed by atoms with van der Waals surface area (Å²) in [7, 11) is -2.89. The van der Waals surface area contributed by atoms with Crippen molar-refractivity contribution in [3.05, 3.63) is 33.3 Å². The lowest BCUT2D eigenvalue weighted by atomic mass is 10.0. The minimum absolute atomic E-state index is 0.137. The molecule has 0 radical (unpaired) electrons. The fraction of sp³-hybridized carbons (Fsp3) is 0.571. The largest absolute Gasteiger partial charge is 0.310 e. The SMILES string of the molecule is CCNC(CCCS(=O)(=O)CC)c1ccc(Br)c(Cl)c1. The molecule has 1 rings (SSSR count). The van der Waals surface area contributed by atoms with Crippen LogP contribution in [-0.4, -0.2) is 26.5 Å². The van der Waals surface area contributed by atoms with Crippen LogP contribution in [0.3, 0.4) is 0 Å². The molecule has 1 unspecified atom stereocenters. The second kappa shape index (κ2) is 8.37. The number of benzene rings is 1. The molecule has 0 aromatic heterocycles. The highest BCUT2D eigenvalue weighted by Gasteiger charge is 2.14. The zero-order valence-electron chi connectivity index (χ0n) is 11.8. The fourth-order valence-electron chi connectivity index (χ4n) is 2.01. The van der Waals surface area contributed by atoms with E-state index in [1.165, 1.54) is 0 Å². The second-order valence-electron chi connectivity index (χ2n) is 4.66. The summed E-state index contributed by atoms with van der Waals surface area (Å²) in [5, 5.41) is 4.05. The third kappa shape index (κ3) is 5.72. The minimum atomic E-state index is -2.89. The molecule has 20 heavy (non-hydrogen) atoms. The molecule has 0 aliphatic rings. The number of nitrogens with one attached hydrogen (secondary N) is 1. The summed E-state index contributed by atoms with van der Waals surface area (Å²) >= 11 is 9.49. The number of hydrogen-bond donors (Lipinski definition) is 1. The van der Waals surface area contributed by atoms with Crippen LogP contribution in [0.4, 0.5) is 0 Å². The van der Waals surface area contributed by atoms with Crippen molar-refractivity contribution in [1.29, 1.82) is 0 Å². The van der Waals surface area contributed by atoms with Crippen molar-refractivity contribution in [2.24, 2.45) is 0 Å². The number of sulfone groups is 1. The van der Waals surface area contributed by atoms with Gasteiger partial charge in [0.1, 0.15) is 9.84 Å². The molecule has 6 heteroatoms. The Kier molecular flexibility index (Phi) is 7.51. The van der Waals surface area contributed by atoms with Gasteiger partial charge in [-0.2, -0.15) is 0 Å². The van der Waals surface area contributed by atoms with Gasteiger partial charge in [-0.1, -0.05) is 31.5 Å². The van der Waals surface area contributed by atoms with Crippen molar-refractivity contribution in [2.45, 2.75) is 32.7 Å². The third-order valence-corrected chi connectivity index (χ3v) is 6.21. The van der Waals surface area contributed by atoms with E-state index in [4.69, 9.17) is 11.6 Å². The first kappa shape index (κ1) is 18.0. The first-order valence-corrected chi connectivity index (χ1v) is 9.77. The molecule has 0 spiro atoms. The molecular weight excluding hydrogens is 362 g/mol. The molecular formula is C14H21BrClNO2S. The maximum atomic E-state index is 11.5. The van der Waals surface area contributed by atoms with Gasteiger partial charge in [0, 0.05) is 16.3 Å². The van der Waals surface area contributed by atoms with E-state index in [9.17, 15) is 8.42 Å². The van der Waals surface area contributed by atoms with E-state index in [1.807, 2.05) is 25.1 Å². The van der Waals surface area contributed by atoms with Gasteiger partial charge in [0.05, 0.1) is 10.8 Å². The first-order chi connectivity index (χ1) is 9.39. The van der Waals surface area contributed by atoms with Gasteiger partial charge in [-0.15, -0.1) is 0 Å². The minimum Gasteiger partial charge on any atom is -0.310 e.